The van der Waals surface area contributed by atoms with Gasteiger partial charge in [-0.15, -0.1) is 0 Å². The molecule has 1 nitrogen and oxygen atoms in total. The lowest BCUT2D eigenvalue weighted by Crippen LogP contribution is -2.55. The van der Waals surface area contributed by atoms with Gasteiger partial charge < -0.3 is 4.90 Å². The smallest absolute Gasteiger partial charge is 0.0464 e. The fraction of sp³-hybridized carbons (Fsp3) is 0.419. The van der Waals surface area contributed by atoms with E-state index in [1.54, 1.807) is 11.1 Å². The molecule has 0 aromatic heterocycles. The van der Waals surface area contributed by atoms with Crippen LogP contribution in [-0.2, 0) is 27.1 Å². The number of hydrogen-bond donors (Lipinski definition) is 0. The van der Waals surface area contributed by atoms with Crippen LogP contribution in [0.2, 0.25) is 0 Å². The first-order valence-electron chi connectivity index (χ1n) is 24.7. The maximum Gasteiger partial charge on any atom is 0.0464 e. The number of nitrogens with zero attached hydrogens (tertiary/aromatic N) is 1. The first-order valence-corrected chi connectivity index (χ1v) is 24.7. The van der Waals surface area contributed by atoms with Crippen molar-refractivity contribution in [2.24, 2.45) is 23.7 Å². The van der Waals surface area contributed by atoms with Gasteiger partial charge in [0.05, 0.1) is 0 Å². The molecule has 0 radical (unpaired) electrons. The molecular weight excluding hydrogens is 759 g/mol. The molecule has 0 amide bonds. The minimum atomic E-state index is 0.119. The molecule has 0 atom stereocenters. The second-order valence-corrected chi connectivity index (χ2v) is 23.9. The molecule has 6 aromatic carbocycles. The lowest BCUT2D eigenvalue weighted by molar-refractivity contribution is -0.0399. The molecule has 0 unspecified atom stereocenters. The van der Waals surface area contributed by atoms with Crippen molar-refractivity contribution in [3.63, 3.8) is 0 Å². The Kier molecular flexibility index (Phi) is 8.55. The zero-order valence-electron chi connectivity index (χ0n) is 39.2. The van der Waals surface area contributed by atoms with Crippen LogP contribution in [0, 0.1) is 23.7 Å². The summed E-state index contributed by atoms with van der Waals surface area (Å²) in [6, 6.07) is 50.6. The van der Waals surface area contributed by atoms with Gasteiger partial charge in [-0.1, -0.05) is 146 Å². The van der Waals surface area contributed by atoms with Gasteiger partial charge in [-0.3, -0.25) is 0 Å². The summed E-state index contributed by atoms with van der Waals surface area (Å²) in [7, 11) is 0. The number of rotatable bonds is 5. The van der Waals surface area contributed by atoms with Gasteiger partial charge in [-0.05, 0) is 206 Å². The minimum absolute atomic E-state index is 0.119. The van der Waals surface area contributed by atoms with Crippen LogP contribution < -0.4 is 4.90 Å². The second kappa shape index (κ2) is 13.6. The van der Waals surface area contributed by atoms with Crippen molar-refractivity contribution in [1.82, 2.24) is 0 Å². The third-order valence-electron chi connectivity index (χ3n) is 18.4. The number of hydrogen-bond acceptors (Lipinski definition) is 1. The summed E-state index contributed by atoms with van der Waals surface area (Å²) in [5.41, 5.74) is 22.1. The summed E-state index contributed by atoms with van der Waals surface area (Å²) < 4.78 is 0. The van der Waals surface area contributed by atoms with E-state index in [2.05, 4.69) is 188 Å². The molecule has 0 saturated heterocycles. The third kappa shape index (κ3) is 5.86. The predicted molar refractivity (Wildman–Crippen MR) is 266 cm³/mol. The Morgan fingerprint density at radius 1 is 0.365 bits per heavy atom. The van der Waals surface area contributed by atoms with Gasteiger partial charge in [-0.25, -0.2) is 0 Å². The molecule has 7 aliphatic carbocycles. The summed E-state index contributed by atoms with van der Waals surface area (Å²) in [5, 5.41) is 0. The Balaban J connectivity index is 0.956. The largest absolute Gasteiger partial charge is 0.310 e. The molecule has 63 heavy (non-hydrogen) atoms. The molecule has 7 aliphatic rings. The molecule has 4 fully saturated rings. The van der Waals surface area contributed by atoms with Crippen LogP contribution in [0.15, 0.2) is 127 Å². The van der Waals surface area contributed by atoms with Crippen molar-refractivity contribution in [2.75, 3.05) is 4.90 Å². The molecule has 0 heterocycles. The van der Waals surface area contributed by atoms with Crippen molar-refractivity contribution < 1.29 is 0 Å². The summed E-state index contributed by atoms with van der Waals surface area (Å²) in [6.45, 7) is 19.5. The predicted octanol–water partition coefficient (Wildman–Crippen LogP) is 16.9. The first kappa shape index (κ1) is 39.7. The van der Waals surface area contributed by atoms with E-state index in [0.717, 1.165) is 23.7 Å². The van der Waals surface area contributed by atoms with E-state index < -0.39 is 0 Å². The highest BCUT2D eigenvalue weighted by Gasteiger charge is 2.61. The molecule has 4 saturated carbocycles. The topological polar surface area (TPSA) is 3.24 Å². The summed E-state index contributed by atoms with van der Waals surface area (Å²) in [4.78, 5) is 2.51. The quantitative estimate of drug-likeness (QED) is 0.167. The molecule has 320 valence electrons. The molecular formula is C62H67N. The average molecular weight is 826 g/mol. The van der Waals surface area contributed by atoms with Gasteiger partial charge in [0.1, 0.15) is 0 Å². The van der Waals surface area contributed by atoms with Crippen LogP contribution in [0.5, 0.6) is 0 Å². The van der Waals surface area contributed by atoms with Crippen LogP contribution in [0.3, 0.4) is 0 Å². The fourth-order valence-corrected chi connectivity index (χ4v) is 15.0. The van der Waals surface area contributed by atoms with Crippen molar-refractivity contribution in [1.29, 1.82) is 0 Å². The van der Waals surface area contributed by atoms with E-state index in [9.17, 15) is 0 Å². The SMILES string of the molecule is CC1(C)CCC(C)(C)c2cc(-c3ccc(N(c4ccc(-c5cccc6c5-c5ccccc5C65C6CC7CC(C6)CC5C7)cc4)c4ccc5c(c4)C(C)(C)CCC5(C)C)cc3)ccc21. The van der Waals surface area contributed by atoms with E-state index in [-0.39, 0.29) is 27.1 Å². The van der Waals surface area contributed by atoms with Crippen LogP contribution in [0.1, 0.15) is 147 Å². The maximum absolute atomic E-state index is 2.53. The minimum Gasteiger partial charge on any atom is -0.310 e. The molecule has 4 bridgehead atoms. The zero-order valence-corrected chi connectivity index (χ0v) is 39.2. The highest BCUT2D eigenvalue weighted by molar-refractivity contribution is 5.94. The third-order valence-corrected chi connectivity index (χ3v) is 18.4. The summed E-state index contributed by atoms with van der Waals surface area (Å²) in [6.07, 6.45) is 12.0. The van der Waals surface area contributed by atoms with Crippen molar-refractivity contribution >= 4 is 17.1 Å². The van der Waals surface area contributed by atoms with E-state index >= 15 is 0 Å². The highest BCUT2D eigenvalue weighted by atomic mass is 15.1. The summed E-state index contributed by atoms with van der Waals surface area (Å²) >= 11 is 0. The highest BCUT2D eigenvalue weighted by Crippen LogP contribution is 2.70. The molecule has 6 aromatic rings. The van der Waals surface area contributed by atoms with Gasteiger partial charge in [-0.2, -0.15) is 0 Å². The maximum atomic E-state index is 2.53. The Labute approximate surface area is 378 Å². The van der Waals surface area contributed by atoms with Crippen molar-refractivity contribution in [3.8, 4) is 33.4 Å². The molecule has 13 rings (SSSR count). The molecule has 1 spiro atoms. The van der Waals surface area contributed by atoms with Gasteiger partial charge in [0.2, 0.25) is 0 Å². The molecule has 1 heteroatoms. The average Bonchev–Trinajstić information content (AvgIpc) is 3.57. The Morgan fingerprint density at radius 2 is 0.825 bits per heavy atom. The van der Waals surface area contributed by atoms with Gasteiger partial charge in [0.25, 0.3) is 0 Å². The lowest BCUT2D eigenvalue weighted by Gasteiger charge is -2.61. The first-order chi connectivity index (χ1) is 30.1. The van der Waals surface area contributed by atoms with Gasteiger partial charge in [0.15, 0.2) is 0 Å². The van der Waals surface area contributed by atoms with Gasteiger partial charge >= 0.3 is 0 Å². The normalized spacial score (nSPS) is 27.0. The van der Waals surface area contributed by atoms with Crippen LogP contribution in [-0.4, -0.2) is 0 Å². The number of fused-ring (bicyclic) bond motifs is 5. The van der Waals surface area contributed by atoms with Crippen LogP contribution >= 0.6 is 0 Å². The second-order valence-electron chi connectivity index (χ2n) is 23.9. The molecule has 0 aliphatic heterocycles. The Hall–Kier alpha value is -4.88. The van der Waals surface area contributed by atoms with E-state index in [1.807, 2.05) is 0 Å². The van der Waals surface area contributed by atoms with E-state index in [0.29, 0.717) is 0 Å². The Morgan fingerprint density at radius 3 is 1.43 bits per heavy atom. The lowest BCUT2D eigenvalue weighted by atomic mass is 9.43. The monoisotopic (exact) mass is 826 g/mol. The van der Waals surface area contributed by atoms with Crippen molar-refractivity contribution in [2.45, 2.75) is 140 Å². The Bertz CT molecular complexity index is 2760. The van der Waals surface area contributed by atoms with Crippen molar-refractivity contribution in [3.05, 3.63) is 161 Å². The molecule has 0 N–H and O–H groups in total. The fourth-order valence-electron chi connectivity index (χ4n) is 15.0. The van der Waals surface area contributed by atoms with Gasteiger partial charge in [0, 0.05) is 22.5 Å². The van der Waals surface area contributed by atoms with E-state index in [1.165, 1.54) is 130 Å². The van der Waals surface area contributed by atoms with Crippen LogP contribution in [0.25, 0.3) is 33.4 Å². The number of benzene rings is 6. The summed E-state index contributed by atoms with van der Waals surface area (Å²) in [5.74, 6) is 3.43. The van der Waals surface area contributed by atoms with Crippen LogP contribution in [0.4, 0.5) is 17.1 Å². The zero-order chi connectivity index (χ0) is 43.3. The standard InChI is InChI=1S/C62H67N/c1-58(2)28-30-60(5,6)55-37-43(20-26-52(55)58)41-16-21-46(22-17-41)63(48-25-27-53-56(38-48)61(7,8)31-29-59(53,3)4)47-23-18-42(19-24-47)49-13-11-15-54-57(49)50-12-9-10-14-51(50)62(54)44-33-39-32-40(35-44)36-45(62)34-39/h9-27,37-40,44-45H,28-36H2,1-8H3. The van der Waals surface area contributed by atoms with E-state index in [4.69, 9.17) is 0 Å². The number of anilines is 3.